The molecule has 4 rings (SSSR count). The van der Waals surface area contributed by atoms with Crippen LogP contribution in [0.4, 0.5) is 16.4 Å². The van der Waals surface area contributed by atoms with Crippen molar-refractivity contribution in [2.24, 2.45) is 0 Å². The van der Waals surface area contributed by atoms with Crippen molar-refractivity contribution in [3.8, 4) is 6.07 Å². The maximum Gasteiger partial charge on any atom is 0.421 e. The molecule has 0 radical (unpaired) electrons. The second kappa shape index (κ2) is 9.84. The summed E-state index contributed by atoms with van der Waals surface area (Å²) in [4.78, 5) is 25.4. The molecule has 0 fully saturated rings. The number of benzene rings is 2. The summed E-state index contributed by atoms with van der Waals surface area (Å²) in [5, 5.41) is 9.99. The number of carbonyl (C=O) groups is 1. The summed E-state index contributed by atoms with van der Waals surface area (Å²) in [6, 6.07) is 13.0. The predicted molar refractivity (Wildman–Crippen MR) is 142 cm³/mol. The van der Waals surface area contributed by atoms with Gasteiger partial charge in [-0.2, -0.15) is 5.26 Å². The highest BCUT2D eigenvalue weighted by Crippen LogP contribution is 2.39. The lowest BCUT2D eigenvalue weighted by atomic mass is 10.2. The van der Waals surface area contributed by atoms with E-state index in [4.69, 9.17) is 14.7 Å². The molecule has 35 heavy (non-hydrogen) atoms. The average molecular weight is 549 g/mol. The standard InChI is InChI=1S/C27H25BrN4O2S/c1-16-13-19(28)14-17(2)23(16)35-24-21-7-6-8-22(21)30-25(31-24)32(26(33)34-27(3,4)5)20-11-9-18(15-29)10-12-20/h6,8-14H,7H2,1-5H3. The SMILES string of the molecule is Cc1cc(Br)cc(C)c1Sc1nc(N(C(=O)OC(C)(C)C)c2ccc(C#N)cc2)nc2c1CC=C2. The molecule has 0 unspecified atom stereocenters. The molecule has 1 aliphatic carbocycles. The van der Waals surface area contributed by atoms with Crippen molar-refractivity contribution < 1.29 is 9.53 Å². The summed E-state index contributed by atoms with van der Waals surface area (Å²) >= 11 is 5.14. The lowest BCUT2D eigenvalue weighted by Crippen LogP contribution is -2.35. The van der Waals surface area contributed by atoms with Gasteiger partial charge >= 0.3 is 6.09 Å². The smallest absolute Gasteiger partial charge is 0.421 e. The Kier molecular flexibility index (Phi) is 7.02. The first-order valence-corrected chi connectivity index (χ1v) is 12.7. The Balaban J connectivity index is 1.84. The van der Waals surface area contributed by atoms with Crippen molar-refractivity contribution in [1.29, 1.82) is 5.26 Å². The van der Waals surface area contributed by atoms with Crippen molar-refractivity contribution in [2.45, 2.75) is 56.6 Å². The molecular weight excluding hydrogens is 524 g/mol. The lowest BCUT2D eigenvalue weighted by molar-refractivity contribution is 0.0597. The van der Waals surface area contributed by atoms with Crippen LogP contribution in [0.5, 0.6) is 0 Å². The van der Waals surface area contributed by atoms with Gasteiger partial charge in [-0.05, 0) is 94.6 Å². The number of hydrogen-bond acceptors (Lipinski definition) is 6. The summed E-state index contributed by atoms with van der Waals surface area (Å²) in [7, 11) is 0. The second-order valence-corrected chi connectivity index (χ2v) is 11.2. The molecule has 0 saturated heterocycles. The fourth-order valence-electron chi connectivity index (χ4n) is 3.72. The van der Waals surface area contributed by atoms with Gasteiger partial charge in [-0.1, -0.05) is 33.8 Å². The van der Waals surface area contributed by atoms with Crippen LogP contribution in [0, 0.1) is 25.2 Å². The van der Waals surface area contributed by atoms with Crippen LogP contribution in [0.1, 0.15) is 48.7 Å². The maximum absolute atomic E-state index is 13.4. The number of allylic oxidation sites excluding steroid dienone is 1. The summed E-state index contributed by atoms with van der Waals surface area (Å²) < 4.78 is 6.74. The van der Waals surface area contributed by atoms with Gasteiger partial charge in [0.15, 0.2) is 0 Å². The molecule has 0 spiro atoms. The molecule has 2 aromatic carbocycles. The number of aromatic nitrogens is 2. The molecule has 178 valence electrons. The van der Waals surface area contributed by atoms with Crippen molar-refractivity contribution in [2.75, 3.05) is 4.90 Å². The number of fused-ring (bicyclic) bond motifs is 1. The Morgan fingerprint density at radius 1 is 1.14 bits per heavy atom. The maximum atomic E-state index is 13.4. The molecule has 0 N–H and O–H groups in total. The highest BCUT2D eigenvalue weighted by molar-refractivity contribution is 9.10. The number of carbonyl (C=O) groups excluding carboxylic acids is 1. The van der Waals surface area contributed by atoms with Crippen LogP contribution in [0.2, 0.25) is 0 Å². The normalized spacial score (nSPS) is 12.3. The molecule has 1 aliphatic rings. The monoisotopic (exact) mass is 548 g/mol. The Labute approximate surface area is 218 Å². The Morgan fingerprint density at radius 3 is 2.40 bits per heavy atom. The van der Waals surface area contributed by atoms with Gasteiger partial charge in [0.25, 0.3) is 0 Å². The topological polar surface area (TPSA) is 79.1 Å². The third-order valence-corrected chi connectivity index (χ3v) is 7.08. The molecule has 8 heteroatoms. The van der Waals surface area contributed by atoms with E-state index in [2.05, 4.69) is 48.0 Å². The average Bonchev–Trinajstić information content (AvgIpc) is 3.24. The van der Waals surface area contributed by atoms with E-state index in [9.17, 15) is 10.1 Å². The first kappa shape index (κ1) is 25.0. The van der Waals surface area contributed by atoms with Gasteiger partial charge in [0.1, 0.15) is 10.6 Å². The largest absolute Gasteiger partial charge is 0.443 e. The van der Waals surface area contributed by atoms with Gasteiger partial charge in [0, 0.05) is 14.9 Å². The van der Waals surface area contributed by atoms with Gasteiger partial charge < -0.3 is 4.74 Å². The number of nitrogens with zero attached hydrogens (tertiary/aromatic N) is 4. The molecule has 0 atom stereocenters. The molecule has 3 aromatic rings. The van der Waals surface area contributed by atoms with Crippen LogP contribution in [-0.2, 0) is 11.2 Å². The van der Waals surface area contributed by atoms with Crippen LogP contribution >= 0.6 is 27.7 Å². The number of nitriles is 1. The van der Waals surface area contributed by atoms with Crippen LogP contribution in [0.3, 0.4) is 0 Å². The molecule has 1 amide bonds. The highest BCUT2D eigenvalue weighted by atomic mass is 79.9. The highest BCUT2D eigenvalue weighted by Gasteiger charge is 2.29. The number of aryl methyl sites for hydroxylation is 2. The minimum atomic E-state index is -0.707. The van der Waals surface area contributed by atoms with Gasteiger partial charge in [0.2, 0.25) is 5.95 Å². The van der Waals surface area contributed by atoms with Crippen LogP contribution in [0.25, 0.3) is 6.08 Å². The third-order valence-electron chi connectivity index (χ3n) is 5.24. The number of amides is 1. The zero-order chi connectivity index (χ0) is 25.3. The van der Waals surface area contributed by atoms with Crippen LogP contribution in [-0.4, -0.2) is 21.7 Å². The van der Waals surface area contributed by atoms with Gasteiger partial charge in [-0.15, -0.1) is 0 Å². The fourth-order valence-corrected chi connectivity index (χ4v) is 5.48. The molecular formula is C27H25BrN4O2S. The molecule has 1 heterocycles. The first-order valence-electron chi connectivity index (χ1n) is 11.1. The number of hydrogen-bond donors (Lipinski definition) is 0. The van der Waals surface area contributed by atoms with Crippen molar-refractivity contribution in [3.05, 3.63) is 74.9 Å². The zero-order valence-corrected chi connectivity index (χ0v) is 22.6. The van der Waals surface area contributed by atoms with E-state index in [0.717, 1.165) is 43.2 Å². The van der Waals surface area contributed by atoms with Crippen molar-refractivity contribution in [3.63, 3.8) is 0 Å². The number of rotatable bonds is 4. The zero-order valence-electron chi connectivity index (χ0n) is 20.2. The molecule has 0 aliphatic heterocycles. The van der Waals surface area contributed by atoms with E-state index < -0.39 is 11.7 Å². The van der Waals surface area contributed by atoms with E-state index in [1.54, 1.807) is 36.0 Å². The number of halogens is 1. The number of anilines is 2. The molecule has 1 aromatic heterocycles. The fraction of sp³-hybridized carbons (Fsp3) is 0.259. The lowest BCUT2D eigenvalue weighted by Gasteiger charge is -2.27. The Hall–Kier alpha value is -3.15. The molecule has 0 saturated carbocycles. The predicted octanol–water partition coefficient (Wildman–Crippen LogP) is 7.52. The van der Waals surface area contributed by atoms with Gasteiger partial charge in [0.05, 0.1) is 23.0 Å². The first-order chi connectivity index (χ1) is 16.6. The Bertz CT molecular complexity index is 1350. The van der Waals surface area contributed by atoms with Crippen LogP contribution in [0.15, 0.2) is 56.9 Å². The quantitative estimate of drug-likeness (QED) is 0.313. The minimum absolute atomic E-state index is 0.226. The number of ether oxygens (including phenoxy) is 1. The van der Waals surface area contributed by atoms with Crippen molar-refractivity contribution >= 4 is 51.5 Å². The van der Waals surface area contributed by atoms with Crippen LogP contribution < -0.4 is 4.90 Å². The summed E-state index contributed by atoms with van der Waals surface area (Å²) in [6.45, 7) is 9.59. The Morgan fingerprint density at radius 2 is 1.80 bits per heavy atom. The van der Waals surface area contributed by atoms with Gasteiger partial charge in [-0.25, -0.2) is 19.7 Å². The van der Waals surface area contributed by atoms with E-state index in [1.807, 2.05) is 32.9 Å². The van der Waals surface area contributed by atoms with E-state index in [-0.39, 0.29) is 5.95 Å². The van der Waals surface area contributed by atoms with E-state index in [0.29, 0.717) is 11.3 Å². The molecule has 0 bridgehead atoms. The minimum Gasteiger partial charge on any atom is -0.443 e. The van der Waals surface area contributed by atoms with Crippen molar-refractivity contribution in [1.82, 2.24) is 9.97 Å². The molecule has 6 nitrogen and oxygen atoms in total. The third kappa shape index (κ3) is 5.58. The van der Waals surface area contributed by atoms with Gasteiger partial charge in [-0.3, -0.25) is 0 Å². The summed E-state index contributed by atoms with van der Waals surface area (Å²) in [5.74, 6) is 0.226. The summed E-state index contributed by atoms with van der Waals surface area (Å²) in [5.41, 5.74) is 4.40. The summed E-state index contributed by atoms with van der Waals surface area (Å²) in [6.07, 6.45) is 4.15. The second-order valence-electron chi connectivity index (χ2n) is 9.24. The van der Waals surface area contributed by atoms with E-state index in [1.165, 1.54) is 4.90 Å². The van der Waals surface area contributed by atoms with E-state index >= 15 is 0 Å².